The van der Waals surface area contributed by atoms with Gasteiger partial charge in [-0.15, -0.1) is 11.3 Å². The molecule has 0 radical (unpaired) electrons. The Morgan fingerprint density at radius 1 is 1.34 bits per heavy atom. The monoisotopic (exact) mass is 450 g/mol. The minimum absolute atomic E-state index is 0.0517. The van der Waals surface area contributed by atoms with Gasteiger partial charge in [-0.1, -0.05) is 6.92 Å². The van der Waals surface area contributed by atoms with Crippen LogP contribution in [-0.2, 0) is 11.2 Å². The highest BCUT2D eigenvalue weighted by Crippen LogP contribution is 2.49. The van der Waals surface area contributed by atoms with Gasteiger partial charge in [0.15, 0.2) is 5.78 Å². The number of nitrogens with two attached hydrogens (primary N) is 1. The number of nitrogens with zero attached hydrogens (tertiary/aromatic N) is 3. The molecule has 1 aromatic heterocycles. The van der Waals surface area contributed by atoms with E-state index in [1.807, 2.05) is 19.1 Å². The lowest BCUT2D eigenvalue weighted by atomic mass is 9.78. The van der Waals surface area contributed by atoms with Crippen molar-refractivity contribution in [2.24, 2.45) is 5.73 Å². The van der Waals surface area contributed by atoms with E-state index < -0.39 is 10.8 Å². The van der Waals surface area contributed by atoms with Crippen LogP contribution in [0.3, 0.4) is 0 Å². The summed E-state index contributed by atoms with van der Waals surface area (Å²) in [5, 5.41) is 21.9. The summed E-state index contributed by atoms with van der Waals surface area (Å²) in [4.78, 5) is 28.0. The van der Waals surface area contributed by atoms with Crippen molar-refractivity contribution in [1.82, 2.24) is 0 Å². The van der Waals surface area contributed by atoms with Crippen LogP contribution in [0, 0.1) is 21.4 Å². The Balaban J connectivity index is 1.98. The Hall–Kier alpha value is -3.64. The molecule has 1 aliphatic heterocycles. The molecule has 32 heavy (non-hydrogen) atoms. The average molecular weight is 451 g/mol. The van der Waals surface area contributed by atoms with Gasteiger partial charge < -0.3 is 10.5 Å². The number of hydrogen-bond acceptors (Lipinski definition) is 8. The van der Waals surface area contributed by atoms with Crippen LogP contribution >= 0.6 is 11.3 Å². The minimum Gasteiger partial charge on any atom is -0.496 e. The van der Waals surface area contributed by atoms with E-state index in [0.29, 0.717) is 36.3 Å². The van der Waals surface area contributed by atoms with Crippen LogP contribution in [0.2, 0.25) is 0 Å². The predicted octanol–water partition coefficient (Wildman–Crippen LogP) is 4.53. The lowest BCUT2D eigenvalue weighted by molar-refractivity contribution is -0.384. The van der Waals surface area contributed by atoms with Gasteiger partial charge in [-0.05, 0) is 43.5 Å². The molecule has 0 spiro atoms. The van der Waals surface area contributed by atoms with Gasteiger partial charge >= 0.3 is 0 Å². The molecule has 2 aliphatic rings. The molecule has 164 valence electrons. The zero-order valence-electron chi connectivity index (χ0n) is 17.8. The molecular formula is C23H22N4O4S. The SMILES string of the molecule is CCc1ccc([C@@H]2C(C#N)=C(N)N(c3ccc(OC)cc3[N+](=O)[O-])C3=C2C(=O)CCC3)s1. The third kappa shape index (κ3) is 3.42. The van der Waals surface area contributed by atoms with Gasteiger partial charge in [-0.25, -0.2) is 0 Å². The van der Waals surface area contributed by atoms with Crippen LogP contribution in [0.25, 0.3) is 0 Å². The number of aryl methyl sites for hydroxylation is 1. The van der Waals surface area contributed by atoms with Crippen LogP contribution < -0.4 is 15.4 Å². The average Bonchev–Trinajstić information content (AvgIpc) is 3.27. The fourth-order valence-electron chi connectivity index (χ4n) is 4.35. The van der Waals surface area contributed by atoms with Crippen LogP contribution in [0.1, 0.15) is 41.9 Å². The molecule has 0 bridgehead atoms. The number of carbonyl (C=O) groups is 1. The number of anilines is 1. The summed E-state index contributed by atoms with van der Waals surface area (Å²) < 4.78 is 5.14. The summed E-state index contributed by atoms with van der Waals surface area (Å²) in [5.41, 5.74) is 7.88. The molecule has 1 atom stereocenters. The number of hydrogen-bond donors (Lipinski definition) is 1. The lowest BCUT2D eigenvalue weighted by Gasteiger charge is -2.39. The molecule has 2 aromatic rings. The first-order chi connectivity index (χ1) is 15.4. The van der Waals surface area contributed by atoms with Crippen molar-refractivity contribution in [1.29, 1.82) is 5.26 Å². The number of allylic oxidation sites excluding steroid dienone is 3. The maximum atomic E-state index is 13.1. The number of nitro benzene ring substituents is 1. The van der Waals surface area contributed by atoms with Crippen LogP contribution in [-0.4, -0.2) is 17.8 Å². The molecule has 0 unspecified atom stereocenters. The molecule has 2 heterocycles. The normalized spacial score (nSPS) is 18.5. The van der Waals surface area contributed by atoms with E-state index in [2.05, 4.69) is 6.07 Å². The molecule has 0 saturated carbocycles. The van der Waals surface area contributed by atoms with E-state index in [1.165, 1.54) is 18.1 Å². The molecule has 0 fully saturated rings. The van der Waals surface area contributed by atoms with Crippen molar-refractivity contribution >= 4 is 28.5 Å². The topological polar surface area (TPSA) is 122 Å². The second-order valence-electron chi connectivity index (χ2n) is 7.59. The number of nitro groups is 1. The Morgan fingerprint density at radius 3 is 2.75 bits per heavy atom. The third-order valence-electron chi connectivity index (χ3n) is 5.85. The van der Waals surface area contributed by atoms with Crippen molar-refractivity contribution in [2.75, 3.05) is 12.0 Å². The number of benzene rings is 1. The van der Waals surface area contributed by atoms with Crippen molar-refractivity contribution in [3.05, 3.63) is 72.9 Å². The Kier molecular flexibility index (Phi) is 5.72. The van der Waals surface area contributed by atoms with E-state index >= 15 is 0 Å². The highest BCUT2D eigenvalue weighted by molar-refractivity contribution is 7.12. The maximum absolute atomic E-state index is 13.1. The Labute approximate surface area is 189 Å². The lowest BCUT2D eigenvalue weighted by Crippen LogP contribution is -2.38. The Bertz CT molecular complexity index is 1220. The number of Topliss-reactive ketones (excluding diaryl/α,β-unsaturated/α-hetero) is 1. The van der Waals surface area contributed by atoms with Crippen molar-refractivity contribution in [3.63, 3.8) is 0 Å². The third-order valence-corrected chi connectivity index (χ3v) is 7.14. The van der Waals surface area contributed by atoms with Gasteiger partial charge in [-0.3, -0.25) is 19.8 Å². The quantitative estimate of drug-likeness (QED) is 0.524. The Morgan fingerprint density at radius 2 is 2.12 bits per heavy atom. The molecular weight excluding hydrogens is 428 g/mol. The van der Waals surface area contributed by atoms with Gasteiger partial charge in [-0.2, -0.15) is 5.26 Å². The molecule has 4 rings (SSSR count). The second kappa shape index (κ2) is 8.48. The van der Waals surface area contributed by atoms with Crippen molar-refractivity contribution < 1.29 is 14.5 Å². The predicted molar refractivity (Wildman–Crippen MR) is 121 cm³/mol. The minimum atomic E-state index is -0.554. The van der Waals surface area contributed by atoms with Crippen LogP contribution in [0.15, 0.2) is 53.0 Å². The van der Waals surface area contributed by atoms with Crippen molar-refractivity contribution in [2.45, 2.75) is 38.5 Å². The summed E-state index contributed by atoms with van der Waals surface area (Å²) in [6.07, 6.45) is 2.37. The first kappa shape index (κ1) is 21.6. The fraction of sp³-hybridized carbons (Fsp3) is 0.304. The molecule has 0 saturated heterocycles. The molecule has 2 N–H and O–H groups in total. The van der Waals surface area contributed by atoms with Gasteiger partial charge in [0, 0.05) is 27.4 Å². The van der Waals surface area contributed by atoms with E-state index in [0.717, 1.165) is 16.2 Å². The number of rotatable bonds is 5. The first-order valence-corrected chi connectivity index (χ1v) is 11.1. The van der Waals surface area contributed by atoms with Gasteiger partial charge in [0.25, 0.3) is 5.69 Å². The fourth-order valence-corrected chi connectivity index (χ4v) is 5.42. The largest absolute Gasteiger partial charge is 0.496 e. The highest BCUT2D eigenvalue weighted by Gasteiger charge is 2.42. The second-order valence-corrected chi connectivity index (χ2v) is 8.79. The molecule has 9 heteroatoms. The molecule has 8 nitrogen and oxygen atoms in total. The van der Waals surface area contributed by atoms with Gasteiger partial charge in [0.1, 0.15) is 17.3 Å². The zero-order valence-corrected chi connectivity index (χ0v) is 18.6. The zero-order chi connectivity index (χ0) is 23.0. The van der Waals surface area contributed by atoms with Crippen molar-refractivity contribution in [3.8, 4) is 11.8 Å². The number of thiophene rings is 1. The molecule has 1 aromatic carbocycles. The smallest absolute Gasteiger partial charge is 0.296 e. The number of methoxy groups -OCH3 is 1. The summed E-state index contributed by atoms with van der Waals surface area (Å²) in [7, 11) is 1.43. The van der Waals surface area contributed by atoms with Crippen LogP contribution in [0.4, 0.5) is 11.4 Å². The van der Waals surface area contributed by atoms with E-state index in [9.17, 15) is 20.2 Å². The van der Waals surface area contributed by atoms with Crippen LogP contribution in [0.5, 0.6) is 5.75 Å². The molecule has 1 aliphatic carbocycles. The number of ether oxygens (including phenoxy) is 1. The van der Waals surface area contributed by atoms with Gasteiger partial charge in [0.05, 0.1) is 35.7 Å². The summed E-state index contributed by atoms with van der Waals surface area (Å²) in [6.45, 7) is 2.05. The summed E-state index contributed by atoms with van der Waals surface area (Å²) >= 11 is 1.56. The number of nitriles is 1. The first-order valence-electron chi connectivity index (χ1n) is 10.3. The van der Waals surface area contributed by atoms with Gasteiger partial charge in [0.2, 0.25) is 0 Å². The van der Waals surface area contributed by atoms with E-state index in [-0.39, 0.29) is 28.6 Å². The van der Waals surface area contributed by atoms with E-state index in [4.69, 9.17) is 10.5 Å². The number of carbonyl (C=O) groups excluding carboxylic acids is 1. The van der Waals surface area contributed by atoms with E-state index in [1.54, 1.807) is 23.5 Å². The highest BCUT2D eigenvalue weighted by atomic mass is 32.1. The summed E-state index contributed by atoms with van der Waals surface area (Å²) in [6, 6.07) is 10.6. The standard InChI is InChI=1S/C23H22N4O4S/c1-3-14-8-10-20(32-14)21-15(12-24)23(25)26(17-5-4-6-19(28)22(17)21)16-9-7-13(31-2)11-18(16)27(29)30/h7-11,21H,3-6,25H2,1-2H3/t21-/m0/s1. The maximum Gasteiger partial charge on any atom is 0.296 e. The molecule has 0 amide bonds. The number of ketones is 1. The summed E-state index contributed by atoms with van der Waals surface area (Å²) in [5.74, 6) is -0.158.